The molecule has 0 atom stereocenters. The molecule has 17 heavy (non-hydrogen) atoms. The predicted octanol–water partition coefficient (Wildman–Crippen LogP) is 1.10. The lowest BCUT2D eigenvalue weighted by Gasteiger charge is -2.22. The lowest BCUT2D eigenvalue weighted by molar-refractivity contribution is -0.121. The van der Waals surface area contributed by atoms with E-state index in [2.05, 4.69) is 15.5 Å². The van der Waals surface area contributed by atoms with Crippen molar-refractivity contribution in [2.45, 2.75) is 20.8 Å². The van der Waals surface area contributed by atoms with Crippen molar-refractivity contribution >= 4 is 17.4 Å². The molecule has 92 valence electrons. The number of nitrogens with one attached hydrogen (secondary N) is 1. The molecular formula is C11H16N4O2. The Labute approximate surface area is 99.5 Å². The highest BCUT2D eigenvalue weighted by Crippen LogP contribution is 2.19. The summed E-state index contributed by atoms with van der Waals surface area (Å²) in [6.07, 6.45) is 1.64. The number of hydrogen-bond acceptors (Lipinski definition) is 4. The first-order valence-electron chi connectivity index (χ1n) is 5.10. The molecule has 0 fully saturated rings. The number of pyridine rings is 1. The zero-order valence-corrected chi connectivity index (χ0v) is 10.1. The van der Waals surface area contributed by atoms with Gasteiger partial charge in [0, 0.05) is 6.20 Å². The molecule has 1 aromatic heterocycles. The molecule has 0 aromatic carbocycles. The second-order valence-electron chi connectivity index (χ2n) is 4.20. The fourth-order valence-electron chi connectivity index (χ4n) is 1.14. The highest BCUT2D eigenvalue weighted by atomic mass is 16.4. The first kappa shape index (κ1) is 13.0. The van der Waals surface area contributed by atoms with Crippen LogP contribution in [0, 0.1) is 12.3 Å². The second kappa shape index (κ2) is 4.82. The summed E-state index contributed by atoms with van der Waals surface area (Å²) in [5.74, 6) is -0.500. The summed E-state index contributed by atoms with van der Waals surface area (Å²) >= 11 is 0. The smallest absolute Gasteiger partial charge is 0.237 e. The van der Waals surface area contributed by atoms with Gasteiger partial charge in [0.2, 0.25) is 5.91 Å². The third kappa shape index (κ3) is 2.72. The summed E-state index contributed by atoms with van der Waals surface area (Å²) in [4.78, 5) is 16.0. The van der Waals surface area contributed by atoms with Crippen LogP contribution in [0.2, 0.25) is 0 Å². The summed E-state index contributed by atoms with van der Waals surface area (Å²) in [5.41, 5.74) is 5.69. The van der Waals surface area contributed by atoms with Crippen LogP contribution in [0.1, 0.15) is 19.5 Å². The van der Waals surface area contributed by atoms with Gasteiger partial charge in [0.05, 0.1) is 11.4 Å². The van der Waals surface area contributed by atoms with E-state index in [1.54, 1.807) is 39.1 Å². The molecule has 0 bridgehead atoms. The molecule has 6 heteroatoms. The van der Waals surface area contributed by atoms with Crippen molar-refractivity contribution in [3.8, 4) is 0 Å². The molecule has 0 aliphatic carbocycles. The Hall–Kier alpha value is -2.11. The zero-order chi connectivity index (χ0) is 13.1. The quantitative estimate of drug-likeness (QED) is 0.316. The average molecular weight is 236 g/mol. The molecule has 0 saturated heterocycles. The Kier molecular flexibility index (Phi) is 3.67. The van der Waals surface area contributed by atoms with Gasteiger partial charge in [-0.2, -0.15) is 0 Å². The third-order valence-electron chi connectivity index (χ3n) is 2.57. The number of nitrogens with zero attached hydrogens (tertiary/aromatic N) is 2. The molecule has 1 aromatic rings. The van der Waals surface area contributed by atoms with Crippen LogP contribution < -0.4 is 11.1 Å². The van der Waals surface area contributed by atoms with Gasteiger partial charge in [-0.05, 0) is 32.9 Å². The summed E-state index contributed by atoms with van der Waals surface area (Å²) in [5, 5.41) is 14.2. The van der Waals surface area contributed by atoms with Gasteiger partial charge in [0.25, 0.3) is 0 Å². The van der Waals surface area contributed by atoms with Gasteiger partial charge < -0.3 is 16.3 Å². The molecule has 0 spiro atoms. The number of nitrogens with two attached hydrogens (primary N) is 1. The van der Waals surface area contributed by atoms with Crippen molar-refractivity contribution in [2.75, 3.05) is 5.32 Å². The van der Waals surface area contributed by atoms with E-state index in [1.807, 2.05) is 0 Å². The fourth-order valence-corrected chi connectivity index (χ4v) is 1.14. The molecule has 0 unspecified atom stereocenters. The van der Waals surface area contributed by atoms with Crippen LogP contribution in [0.15, 0.2) is 23.5 Å². The highest BCUT2D eigenvalue weighted by Gasteiger charge is 2.33. The first-order valence-corrected chi connectivity index (χ1v) is 5.10. The maximum atomic E-state index is 12.0. The molecular weight excluding hydrogens is 220 g/mol. The minimum absolute atomic E-state index is 0.142. The summed E-state index contributed by atoms with van der Waals surface area (Å²) in [7, 11) is 0. The molecule has 0 aliphatic heterocycles. The number of amides is 1. The van der Waals surface area contributed by atoms with E-state index in [9.17, 15) is 4.79 Å². The predicted molar refractivity (Wildman–Crippen MR) is 64.8 cm³/mol. The Morgan fingerprint density at radius 2 is 2.24 bits per heavy atom. The van der Waals surface area contributed by atoms with Crippen LogP contribution in [-0.2, 0) is 4.79 Å². The van der Waals surface area contributed by atoms with Gasteiger partial charge in [-0.15, -0.1) is 0 Å². The molecule has 1 heterocycles. The average Bonchev–Trinajstić information content (AvgIpc) is 2.30. The standard InChI is InChI=1S/C11H16N4O2/c1-7-8(5-4-6-13-7)14-10(16)11(2,3)9(12)15-17/h4-6,17H,1-3H3,(H2,12,15)(H,14,16). The number of aryl methyl sites for hydroxylation is 1. The van der Waals surface area contributed by atoms with E-state index >= 15 is 0 Å². The van der Waals surface area contributed by atoms with E-state index < -0.39 is 5.41 Å². The molecule has 0 radical (unpaired) electrons. The van der Waals surface area contributed by atoms with Crippen molar-refractivity contribution in [2.24, 2.45) is 16.3 Å². The van der Waals surface area contributed by atoms with Gasteiger partial charge in [-0.1, -0.05) is 5.16 Å². The van der Waals surface area contributed by atoms with E-state index in [-0.39, 0.29) is 11.7 Å². The number of rotatable bonds is 3. The number of hydrogen-bond donors (Lipinski definition) is 3. The molecule has 1 amide bonds. The molecule has 0 aliphatic rings. The summed E-state index contributed by atoms with van der Waals surface area (Å²) in [6.45, 7) is 4.93. The normalized spacial score (nSPS) is 12.3. The maximum Gasteiger partial charge on any atom is 0.237 e. The third-order valence-corrected chi connectivity index (χ3v) is 2.57. The molecule has 4 N–H and O–H groups in total. The van der Waals surface area contributed by atoms with Crippen molar-refractivity contribution in [1.82, 2.24) is 4.98 Å². The first-order chi connectivity index (χ1) is 7.89. The SMILES string of the molecule is Cc1ncccc1NC(=O)C(C)(C)C(N)=NO. The molecule has 1 rings (SSSR count). The van der Waals surface area contributed by atoms with Gasteiger partial charge in [0.15, 0.2) is 5.84 Å². The van der Waals surface area contributed by atoms with Crippen molar-refractivity contribution < 1.29 is 10.0 Å². The number of anilines is 1. The Morgan fingerprint density at radius 3 is 2.76 bits per heavy atom. The van der Waals surface area contributed by atoms with Crippen LogP contribution in [0.5, 0.6) is 0 Å². The number of aromatic nitrogens is 1. The lowest BCUT2D eigenvalue weighted by Crippen LogP contribution is -2.42. The van der Waals surface area contributed by atoms with Gasteiger partial charge in [-0.25, -0.2) is 0 Å². The van der Waals surface area contributed by atoms with Gasteiger partial charge >= 0.3 is 0 Å². The maximum absolute atomic E-state index is 12.0. The van der Waals surface area contributed by atoms with Gasteiger partial charge in [-0.3, -0.25) is 9.78 Å². The van der Waals surface area contributed by atoms with Crippen LogP contribution in [0.3, 0.4) is 0 Å². The summed E-state index contributed by atoms with van der Waals surface area (Å²) in [6, 6.07) is 3.46. The van der Waals surface area contributed by atoms with Crippen molar-refractivity contribution in [3.63, 3.8) is 0 Å². The highest BCUT2D eigenvalue weighted by molar-refractivity contribution is 6.11. The minimum Gasteiger partial charge on any atom is -0.409 e. The number of oxime groups is 1. The molecule has 0 saturated carbocycles. The van der Waals surface area contributed by atoms with E-state index in [1.165, 1.54) is 0 Å². The minimum atomic E-state index is -1.09. The Bertz CT molecular complexity index is 455. The van der Waals surface area contributed by atoms with Crippen molar-refractivity contribution in [3.05, 3.63) is 24.0 Å². The van der Waals surface area contributed by atoms with Crippen molar-refractivity contribution in [1.29, 1.82) is 0 Å². The monoisotopic (exact) mass is 236 g/mol. The number of carbonyl (C=O) groups excluding carboxylic acids is 1. The van der Waals surface area contributed by atoms with Crippen LogP contribution >= 0.6 is 0 Å². The summed E-state index contributed by atoms with van der Waals surface area (Å²) < 4.78 is 0. The fraction of sp³-hybridized carbons (Fsp3) is 0.364. The van der Waals surface area contributed by atoms with Crippen LogP contribution in [-0.4, -0.2) is 21.9 Å². The largest absolute Gasteiger partial charge is 0.409 e. The zero-order valence-electron chi connectivity index (χ0n) is 10.1. The number of amidine groups is 1. The molecule has 6 nitrogen and oxygen atoms in total. The Morgan fingerprint density at radius 1 is 1.59 bits per heavy atom. The number of carbonyl (C=O) groups is 1. The second-order valence-corrected chi connectivity index (χ2v) is 4.20. The topological polar surface area (TPSA) is 101 Å². The van der Waals surface area contributed by atoms with E-state index in [0.717, 1.165) is 0 Å². The Balaban J connectivity index is 2.91. The van der Waals surface area contributed by atoms with E-state index in [0.29, 0.717) is 11.4 Å². The van der Waals surface area contributed by atoms with Gasteiger partial charge in [0.1, 0.15) is 5.41 Å². The van der Waals surface area contributed by atoms with Crippen LogP contribution in [0.4, 0.5) is 5.69 Å². The van der Waals surface area contributed by atoms with Crippen LogP contribution in [0.25, 0.3) is 0 Å². The lowest BCUT2D eigenvalue weighted by atomic mass is 9.91. The van der Waals surface area contributed by atoms with E-state index in [4.69, 9.17) is 10.9 Å².